The maximum Gasteiger partial charge on any atom is 0.335 e. The highest BCUT2D eigenvalue weighted by Gasteiger charge is 2.38. The minimum absolute atomic E-state index is 0.168. The average Bonchev–Trinajstić information content (AvgIpc) is 3.06. The largest absolute Gasteiger partial charge is 0.466 e. The van der Waals surface area contributed by atoms with E-state index in [1.54, 1.807) is 13.1 Å². The van der Waals surface area contributed by atoms with Gasteiger partial charge in [0.05, 0.1) is 24.9 Å². The van der Waals surface area contributed by atoms with Crippen molar-refractivity contribution in [2.75, 3.05) is 20.7 Å². The van der Waals surface area contributed by atoms with Crippen molar-refractivity contribution in [3.05, 3.63) is 47.8 Å². The minimum Gasteiger partial charge on any atom is -0.466 e. The highest BCUT2D eigenvalue weighted by molar-refractivity contribution is 5.89. The number of aromatic nitrogens is 1. The smallest absolute Gasteiger partial charge is 0.335 e. The van der Waals surface area contributed by atoms with E-state index in [1.807, 2.05) is 42.3 Å². The molecule has 26 heavy (non-hydrogen) atoms. The molecule has 1 aromatic carbocycles. The van der Waals surface area contributed by atoms with Crippen LogP contribution < -0.4 is 0 Å². The summed E-state index contributed by atoms with van der Waals surface area (Å²) in [5.41, 5.74) is 2.15. The number of aromatic amines is 1. The summed E-state index contributed by atoms with van der Waals surface area (Å²) in [6.45, 7) is 2.34. The van der Waals surface area contributed by atoms with Crippen molar-refractivity contribution in [1.29, 1.82) is 0 Å². The molecule has 0 fully saturated rings. The van der Waals surface area contributed by atoms with Crippen molar-refractivity contribution in [2.24, 2.45) is 11.8 Å². The van der Waals surface area contributed by atoms with Crippen LogP contribution in [0.1, 0.15) is 25.1 Å². The lowest BCUT2D eigenvalue weighted by molar-refractivity contribution is -0.137. The summed E-state index contributed by atoms with van der Waals surface area (Å²) < 4.78 is 4.93. The van der Waals surface area contributed by atoms with E-state index in [4.69, 9.17) is 4.74 Å². The van der Waals surface area contributed by atoms with Crippen molar-refractivity contribution < 1.29 is 19.7 Å². The molecule has 2 heterocycles. The van der Waals surface area contributed by atoms with Gasteiger partial charge in [0.1, 0.15) is 0 Å². The van der Waals surface area contributed by atoms with Crippen molar-refractivity contribution >= 4 is 16.9 Å². The lowest BCUT2D eigenvalue weighted by Gasteiger charge is -2.38. The third-order valence-corrected chi connectivity index (χ3v) is 5.20. The Hall–Kier alpha value is -2.31. The van der Waals surface area contributed by atoms with Gasteiger partial charge in [0, 0.05) is 42.8 Å². The number of aliphatic hydroxyl groups is 2. The van der Waals surface area contributed by atoms with Gasteiger partial charge in [-0.3, -0.25) is 0 Å². The van der Waals surface area contributed by atoms with E-state index in [2.05, 4.69) is 4.98 Å². The third kappa shape index (κ3) is 3.61. The first kappa shape index (κ1) is 18.5. The molecule has 3 rings (SSSR count). The first-order valence-electron chi connectivity index (χ1n) is 8.84. The molecule has 2 aromatic rings. The lowest BCUT2D eigenvalue weighted by atomic mass is 9.76. The Balaban J connectivity index is 1.89. The molecule has 2 unspecified atom stereocenters. The molecule has 0 aliphatic carbocycles. The van der Waals surface area contributed by atoms with Crippen LogP contribution in [0.4, 0.5) is 0 Å². The molecule has 1 aromatic heterocycles. The van der Waals surface area contributed by atoms with Gasteiger partial charge in [0.2, 0.25) is 0 Å². The maximum atomic E-state index is 12.3. The fourth-order valence-electron chi connectivity index (χ4n) is 3.83. The topological polar surface area (TPSA) is 85.8 Å². The van der Waals surface area contributed by atoms with E-state index in [0.717, 1.165) is 10.9 Å². The molecule has 1 aliphatic rings. The van der Waals surface area contributed by atoms with Crippen LogP contribution >= 0.6 is 0 Å². The number of fused-ring (bicyclic) bond motifs is 1. The molecule has 4 atom stereocenters. The molecular weight excluding hydrogens is 332 g/mol. The number of carbonyl (C=O) groups excluding carboxylic acids is 1. The normalized spacial score (nSPS) is 22.8. The van der Waals surface area contributed by atoms with Gasteiger partial charge in [-0.1, -0.05) is 18.2 Å². The summed E-state index contributed by atoms with van der Waals surface area (Å²) in [4.78, 5) is 17.4. The van der Waals surface area contributed by atoms with Gasteiger partial charge in [-0.05, 0) is 30.9 Å². The Morgan fingerprint density at radius 1 is 1.38 bits per heavy atom. The number of hydrogen-bond donors (Lipinski definition) is 3. The zero-order valence-electron chi connectivity index (χ0n) is 15.3. The van der Waals surface area contributed by atoms with Crippen LogP contribution in [-0.4, -0.2) is 52.9 Å². The van der Waals surface area contributed by atoms with Crippen LogP contribution in [0.25, 0.3) is 10.9 Å². The van der Waals surface area contributed by atoms with E-state index < -0.39 is 18.2 Å². The molecule has 0 spiro atoms. The number of hydrogen-bond acceptors (Lipinski definition) is 5. The monoisotopic (exact) mass is 358 g/mol. The van der Waals surface area contributed by atoms with E-state index in [1.165, 1.54) is 7.11 Å². The fourth-order valence-corrected chi connectivity index (χ4v) is 3.83. The van der Waals surface area contributed by atoms with Gasteiger partial charge in [-0.2, -0.15) is 0 Å². The molecule has 0 amide bonds. The number of aliphatic hydroxyl groups excluding tert-OH is 2. The maximum absolute atomic E-state index is 12.3. The van der Waals surface area contributed by atoms with Gasteiger partial charge in [0.15, 0.2) is 0 Å². The number of nitrogens with one attached hydrogen (secondary N) is 1. The second kappa shape index (κ2) is 7.51. The summed E-state index contributed by atoms with van der Waals surface area (Å²) in [5.74, 6) is -0.880. The van der Waals surface area contributed by atoms with Crippen LogP contribution in [0, 0.1) is 11.8 Å². The quantitative estimate of drug-likeness (QED) is 0.714. The SMILES string of the molecule is COC(=O)C1=CN(C)C[C@@H](C(C)O)[C@H]1CC(O)c1cc2ccccc2[nH]1. The van der Waals surface area contributed by atoms with E-state index in [0.29, 0.717) is 24.2 Å². The first-order valence-corrected chi connectivity index (χ1v) is 8.84. The number of methoxy groups -OCH3 is 1. The second-order valence-corrected chi connectivity index (χ2v) is 7.09. The minimum atomic E-state index is -0.773. The standard InChI is InChI=1S/C20H26N2O4/c1-12(23)15-10-22(2)11-16(20(25)26-3)14(15)9-19(24)18-8-13-6-4-5-7-17(13)21-18/h4-8,11-12,14-15,19,21,23-24H,9-10H2,1-3H3/t12?,14-,15+,19?/m1/s1. The summed E-state index contributed by atoms with van der Waals surface area (Å²) in [7, 11) is 3.21. The Morgan fingerprint density at radius 3 is 2.77 bits per heavy atom. The van der Waals surface area contributed by atoms with Crippen LogP contribution in [0.2, 0.25) is 0 Å². The third-order valence-electron chi connectivity index (χ3n) is 5.20. The molecule has 0 saturated heterocycles. The number of rotatable bonds is 5. The molecular formula is C20H26N2O4. The second-order valence-electron chi connectivity index (χ2n) is 7.09. The van der Waals surface area contributed by atoms with Crippen LogP contribution in [0.5, 0.6) is 0 Å². The van der Waals surface area contributed by atoms with E-state index in [-0.39, 0.29) is 11.8 Å². The Labute approximate surface area is 153 Å². The molecule has 1 aliphatic heterocycles. The average molecular weight is 358 g/mol. The Kier molecular flexibility index (Phi) is 5.34. The fraction of sp³-hybridized carbons (Fsp3) is 0.450. The van der Waals surface area contributed by atoms with Gasteiger partial charge >= 0.3 is 5.97 Å². The zero-order valence-corrected chi connectivity index (χ0v) is 15.3. The number of ether oxygens (including phenoxy) is 1. The highest BCUT2D eigenvalue weighted by atomic mass is 16.5. The van der Waals surface area contributed by atoms with Gasteiger partial charge in [-0.15, -0.1) is 0 Å². The highest BCUT2D eigenvalue weighted by Crippen LogP contribution is 2.37. The van der Waals surface area contributed by atoms with E-state index >= 15 is 0 Å². The summed E-state index contributed by atoms with van der Waals surface area (Å²) in [6, 6.07) is 9.75. The lowest BCUT2D eigenvalue weighted by Crippen LogP contribution is -2.42. The molecule has 140 valence electrons. The number of H-pyrrole nitrogens is 1. The summed E-state index contributed by atoms with van der Waals surface area (Å²) in [6.07, 6.45) is 0.709. The van der Waals surface area contributed by atoms with Crippen LogP contribution in [-0.2, 0) is 9.53 Å². The zero-order chi connectivity index (χ0) is 18.8. The van der Waals surface area contributed by atoms with Gasteiger partial charge in [0.25, 0.3) is 0 Å². The van der Waals surface area contributed by atoms with Crippen molar-refractivity contribution in [3.63, 3.8) is 0 Å². The van der Waals surface area contributed by atoms with Gasteiger partial charge < -0.3 is 24.8 Å². The van der Waals surface area contributed by atoms with Crippen molar-refractivity contribution in [1.82, 2.24) is 9.88 Å². The van der Waals surface area contributed by atoms with Crippen LogP contribution in [0.3, 0.4) is 0 Å². The predicted octanol–water partition coefficient (Wildman–Crippen LogP) is 2.21. The summed E-state index contributed by atoms with van der Waals surface area (Å²) in [5, 5.41) is 22.1. The summed E-state index contributed by atoms with van der Waals surface area (Å²) >= 11 is 0. The van der Waals surface area contributed by atoms with Crippen molar-refractivity contribution in [3.8, 4) is 0 Å². The van der Waals surface area contributed by atoms with Crippen LogP contribution in [0.15, 0.2) is 42.1 Å². The number of carbonyl (C=O) groups is 1. The van der Waals surface area contributed by atoms with E-state index in [9.17, 15) is 15.0 Å². The molecule has 0 saturated carbocycles. The number of benzene rings is 1. The predicted molar refractivity (Wildman–Crippen MR) is 99.3 cm³/mol. The Bertz CT molecular complexity index is 778. The Morgan fingerprint density at radius 2 is 2.12 bits per heavy atom. The first-order chi connectivity index (χ1) is 12.4. The number of esters is 1. The molecule has 6 nitrogen and oxygen atoms in total. The van der Waals surface area contributed by atoms with Gasteiger partial charge in [-0.25, -0.2) is 4.79 Å². The number of nitrogens with zero attached hydrogens (tertiary/aromatic N) is 1. The molecule has 0 radical (unpaired) electrons. The molecule has 3 N–H and O–H groups in total. The molecule has 0 bridgehead atoms. The van der Waals surface area contributed by atoms with Crippen molar-refractivity contribution in [2.45, 2.75) is 25.6 Å². The molecule has 6 heteroatoms. The number of para-hydroxylation sites is 1.